The maximum Gasteiger partial charge on any atom is 0.310 e. The number of benzene rings is 1. The number of rotatable bonds is 4. The zero-order chi connectivity index (χ0) is 18.3. The molecule has 1 aromatic rings. The predicted octanol–water partition coefficient (Wildman–Crippen LogP) is 3.08. The molecule has 9 heteroatoms. The van der Waals surface area contributed by atoms with Gasteiger partial charge >= 0.3 is 5.97 Å². The molecule has 0 unspecified atom stereocenters. The molecule has 3 atom stereocenters. The van der Waals surface area contributed by atoms with Crippen LogP contribution in [0.1, 0.15) is 12.8 Å². The van der Waals surface area contributed by atoms with Crippen LogP contribution in [-0.2, 0) is 14.3 Å². The topological polar surface area (TPSA) is 55.4 Å². The molecular weight excluding hydrogens is 349 g/mol. The van der Waals surface area contributed by atoms with Gasteiger partial charge in [0.1, 0.15) is 5.69 Å². The standard InChI is InChI=1S/C16H12F5NO3/c17-10-11(18)13(20)15(14(21)12(10)19)22-9(23)5-25-16(24)8-4-6-1-2-7(8)3-6/h1-2,6-8H,3-5H2,(H,22,23)/t6-,7+,8-/m0/s1. The van der Waals surface area contributed by atoms with Crippen molar-refractivity contribution in [2.24, 2.45) is 17.8 Å². The lowest BCUT2D eigenvalue weighted by atomic mass is 9.94. The lowest BCUT2D eigenvalue weighted by Gasteiger charge is -2.16. The van der Waals surface area contributed by atoms with Gasteiger partial charge in [-0.1, -0.05) is 12.2 Å². The summed E-state index contributed by atoms with van der Waals surface area (Å²) < 4.78 is 70.7. The number of nitrogens with one attached hydrogen (secondary N) is 1. The minimum atomic E-state index is -2.33. The first-order valence-corrected chi connectivity index (χ1v) is 7.45. The third-order valence-corrected chi connectivity index (χ3v) is 4.40. The molecular formula is C16H12F5NO3. The summed E-state index contributed by atoms with van der Waals surface area (Å²) >= 11 is 0. The van der Waals surface area contributed by atoms with Gasteiger partial charge in [-0.3, -0.25) is 9.59 Å². The van der Waals surface area contributed by atoms with Crippen molar-refractivity contribution in [1.82, 2.24) is 0 Å². The van der Waals surface area contributed by atoms with Gasteiger partial charge in [-0.15, -0.1) is 0 Å². The number of anilines is 1. The van der Waals surface area contributed by atoms with E-state index in [9.17, 15) is 31.5 Å². The van der Waals surface area contributed by atoms with Crippen molar-refractivity contribution in [1.29, 1.82) is 0 Å². The van der Waals surface area contributed by atoms with Gasteiger partial charge in [0.2, 0.25) is 5.82 Å². The van der Waals surface area contributed by atoms with E-state index in [1.165, 1.54) is 0 Å². The fraction of sp³-hybridized carbons (Fsp3) is 0.375. The summed E-state index contributed by atoms with van der Waals surface area (Å²) in [4.78, 5) is 23.6. The number of fused-ring (bicyclic) bond motifs is 2. The highest BCUT2D eigenvalue weighted by atomic mass is 19.2. The Labute approximate surface area is 138 Å². The molecule has 3 rings (SSSR count). The van der Waals surface area contributed by atoms with Gasteiger partial charge in [-0.2, -0.15) is 0 Å². The van der Waals surface area contributed by atoms with Crippen LogP contribution in [0.3, 0.4) is 0 Å². The molecule has 1 saturated carbocycles. The minimum absolute atomic E-state index is 0.0377. The first kappa shape index (κ1) is 17.4. The highest BCUT2D eigenvalue weighted by Crippen LogP contribution is 2.43. The molecule has 1 N–H and O–H groups in total. The van der Waals surface area contributed by atoms with Crippen LogP contribution in [0.2, 0.25) is 0 Å². The summed E-state index contributed by atoms with van der Waals surface area (Å²) in [6.07, 6.45) is 5.33. The quantitative estimate of drug-likeness (QED) is 0.295. The molecule has 134 valence electrons. The number of halogens is 5. The molecule has 0 aromatic heterocycles. The van der Waals surface area contributed by atoms with Gasteiger partial charge in [0.15, 0.2) is 29.9 Å². The van der Waals surface area contributed by atoms with E-state index in [4.69, 9.17) is 4.74 Å². The van der Waals surface area contributed by atoms with Gasteiger partial charge in [0.25, 0.3) is 5.91 Å². The van der Waals surface area contributed by atoms with Crippen molar-refractivity contribution >= 4 is 17.6 Å². The molecule has 2 aliphatic carbocycles. The number of esters is 1. The lowest BCUT2D eigenvalue weighted by molar-refractivity contribution is -0.152. The molecule has 25 heavy (non-hydrogen) atoms. The number of hydrogen-bond acceptors (Lipinski definition) is 3. The fourth-order valence-corrected chi connectivity index (χ4v) is 3.19. The summed E-state index contributed by atoms with van der Waals surface area (Å²) in [5.74, 6) is -12.9. The van der Waals surface area contributed by atoms with Crippen molar-refractivity contribution < 1.29 is 36.3 Å². The van der Waals surface area contributed by atoms with Crippen molar-refractivity contribution in [3.63, 3.8) is 0 Å². The van der Waals surface area contributed by atoms with Crippen LogP contribution in [0, 0.1) is 46.8 Å². The van der Waals surface area contributed by atoms with E-state index in [0.29, 0.717) is 12.3 Å². The van der Waals surface area contributed by atoms with Crippen LogP contribution < -0.4 is 5.32 Å². The van der Waals surface area contributed by atoms with Crippen LogP contribution >= 0.6 is 0 Å². The Morgan fingerprint density at radius 2 is 1.56 bits per heavy atom. The third kappa shape index (κ3) is 3.10. The molecule has 0 aliphatic heterocycles. The zero-order valence-electron chi connectivity index (χ0n) is 12.6. The first-order valence-electron chi connectivity index (χ1n) is 7.45. The van der Waals surface area contributed by atoms with E-state index in [2.05, 4.69) is 0 Å². The Morgan fingerprint density at radius 3 is 2.08 bits per heavy atom. The van der Waals surface area contributed by atoms with Crippen molar-refractivity contribution in [3.8, 4) is 0 Å². The smallest absolute Gasteiger partial charge is 0.310 e. The van der Waals surface area contributed by atoms with E-state index in [0.717, 1.165) is 6.42 Å². The highest BCUT2D eigenvalue weighted by molar-refractivity contribution is 5.93. The van der Waals surface area contributed by atoms with Gasteiger partial charge < -0.3 is 10.1 Å². The molecule has 2 aliphatic rings. The predicted molar refractivity (Wildman–Crippen MR) is 74.7 cm³/mol. The van der Waals surface area contributed by atoms with Crippen LogP contribution in [0.15, 0.2) is 12.2 Å². The van der Waals surface area contributed by atoms with Crippen LogP contribution in [-0.4, -0.2) is 18.5 Å². The fourth-order valence-electron chi connectivity index (χ4n) is 3.19. The van der Waals surface area contributed by atoms with Crippen molar-refractivity contribution in [3.05, 3.63) is 41.2 Å². The van der Waals surface area contributed by atoms with E-state index >= 15 is 0 Å². The van der Waals surface area contributed by atoms with Crippen LogP contribution in [0.4, 0.5) is 27.6 Å². The Bertz CT molecular complexity index is 751. The second kappa shape index (κ2) is 6.45. The Hall–Kier alpha value is -2.45. The minimum Gasteiger partial charge on any atom is -0.455 e. The first-order chi connectivity index (χ1) is 11.8. The summed E-state index contributed by atoms with van der Waals surface area (Å²) in [7, 11) is 0. The number of allylic oxidation sites excluding steroid dienone is 2. The summed E-state index contributed by atoms with van der Waals surface area (Å²) in [5, 5.41) is 1.54. The number of hydrogen-bond donors (Lipinski definition) is 1. The Balaban J connectivity index is 1.62. The van der Waals surface area contributed by atoms with Gasteiger partial charge in [0, 0.05) is 0 Å². The van der Waals surface area contributed by atoms with E-state index in [1.807, 2.05) is 12.2 Å². The van der Waals surface area contributed by atoms with Crippen LogP contribution in [0.25, 0.3) is 0 Å². The number of carbonyl (C=O) groups excluding carboxylic acids is 2. The van der Waals surface area contributed by atoms with Crippen molar-refractivity contribution in [2.45, 2.75) is 12.8 Å². The summed E-state index contributed by atoms with van der Waals surface area (Å²) in [6, 6.07) is 0. The number of amides is 1. The Kier molecular flexibility index (Phi) is 4.49. The van der Waals surface area contributed by atoms with E-state index in [1.54, 1.807) is 5.32 Å². The molecule has 1 amide bonds. The summed E-state index contributed by atoms with van der Waals surface area (Å²) in [6.45, 7) is -0.893. The van der Waals surface area contributed by atoms with Gasteiger partial charge in [-0.25, -0.2) is 22.0 Å². The molecule has 1 aromatic carbocycles. The van der Waals surface area contributed by atoms with Gasteiger partial charge in [0.05, 0.1) is 5.92 Å². The monoisotopic (exact) mass is 361 g/mol. The molecule has 2 bridgehead atoms. The van der Waals surface area contributed by atoms with Crippen LogP contribution in [0.5, 0.6) is 0 Å². The second-order valence-electron chi connectivity index (χ2n) is 5.99. The van der Waals surface area contributed by atoms with E-state index < -0.39 is 59.2 Å². The zero-order valence-corrected chi connectivity index (χ0v) is 12.6. The molecule has 0 heterocycles. The molecule has 4 nitrogen and oxygen atoms in total. The maximum atomic E-state index is 13.5. The third-order valence-electron chi connectivity index (χ3n) is 4.40. The lowest BCUT2D eigenvalue weighted by Crippen LogP contribution is -2.27. The SMILES string of the molecule is O=C(COC(=O)[C@H]1C[C@H]2C=C[C@@H]1C2)Nc1c(F)c(F)c(F)c(F)c1F. The summed E-state index contributed by atoms with van der Waals surface area (Å²) in [5.41, 5.74) is -1.49. The van der Waals surface area contributed by atoms with E-state index in [-0.39, 0.29) is 5.92 Å². The normalized spacial score (nSPS) is 23.8. The molecule has 1 fully saturated rings. The Morgan fingerprint density at radius 1 is 0.960 bits per heavy atom. The number of ether oxygens (including phenoxy) is 1. The van der Waals surface area contributed by atoms with Gasteiger partial charge in [-0.05, 0) is 24.7 Å². The average molecular weight is 361 g/mol. The van der Waals surface area contributed by atoms with Crippen molar-refractivity contribution in [2.75, 3.05) is 11.9 Å². The molecule has 0 spiro atoms. The molecule has 0 saturated heterocycles. The average Bonchev–Trinajstić information content (AvgIpc) is 3.23. The largest absolute Gasteiger partial charge is 0.455 e. The second-order valence-corrected chi connectivity index (χ2v) is 5.99. The molecule has 0 radical (unpaired) electrons. The highest BCUT2D eigenvalue weighted by Gasteiger charge is 2.40. The maximum absolute atomic E-state index is 13.5. The number of carbonyl (C=O) groups is 2.